The Morgan fingerprint density at radius 1 is 1.36 bits per heavy atom. The van der Waals surface area contributed by atoms with Crippen molar-refractivity contribution < 1.29 is 0 Å². The third kappa shape index (κ3) is 0.979. The van der Waals surface area contributed by atoms with Gasteiger partial charge in [-0.2, -0.15) is 0 Å². The molecule has 2 aromatic rings. The first-order chi connectivity index (χ1) is 5.29. The van der Waals surface area contributed by atoms with Gasteiger partial charge in [-0.15, -0.1) is 11.3 Å². The first kappa shape index (κ1) is 6.92. The van der Waals surface area contributed by atoms with E-state index in [1.54, 1.807) is 0 Å². The monoisotopic (exact) mass is 165 g/mol. The lowest BCUT2D eigenvalue weighted by Crippen LogP contribution is -1.95. The lowest BCUT2D eigenvalue weighted by molar-refractivity contribution is 0.626. The number of rotatable bonds is 1. The van der Waals surface area contributed by atoms with E-state index in [0.29, 0.717) is 6.04 Å². The quantitative estimate of drug-likeness (QED) is 0.611. The number of thiophene rings is 1. The number of hydrogen-bond donors (Lipinski definition) is 0. The molecule has 58 valence electrons. The van der Waals surface area contributed by atoms with Crippen LogP contribution in [0, 0.1) is 0 Å². The first-order valence-electron chi connectivity index (χ1n) is 3.83. The second-order valence-electron chi connectivity index (χ2n) is 3.00. The van der Waals surface area contributed by atoms with Crippen molar-refractivity contribution in [2.45, 2.75) is 19.9 Å². The Labute approximate surface area is 70.3 Å². The molecule has 2 rings (SSSR count). The maximum absolute atomic E-state index is 2.31. The predicted octanol–water partition coefficient (Wildman–Crippen LogP) is 3.28. The molecular formula is C9H11NS. The normalized spacial score (nSPS) is 11.5. The summed E-state index contributed by atoms with van der Waals surface area (Å²) in [5, 5.41) is 3.51. The predicted molar refractivity (Wildman–Crippen MR) is 50.2 cm³/mol. The summed E-state index contributed by atoms with van der Waals surface area (Å²) in [5.74, 6) is 0. The van der Waals surface area contributed by atoms with Gasteiger partial charge in [0.1, 0.15) is 4.83 Å². The highest BCUT2D eigenvalue weighted by Gasteiger charge is 2.03. The maximum Gasteiger partial charge on any atom is 0.102 e. The Bertz CT molecular complexity index is 356. The zero-order chi connectivity index (χ0) is 7.84. The van der Waals surface area contributed by atoms with Crippen LogP contribution in [0.1, 0.15) is 19.9 Å². The van der Waals surface area contributed by atoms with Crippen LogP contribution in [0.25, 0.3) is 10.2 Å². The molecule has 0 aliphatic carbocycles. The summed E-state index contributed by atoms with van der Waals surface area (Å²) in [4.78, 5) is 1.39. The fourth-order valence-corrected chi connectivity index (χ4v) is 2.29. The molecule has 0 radical (unpaired) electrons. The Balaban J connectivity index is 2.68. The molecule has 0 bridgehead atoms. The third-order valence-corrected chi connectivity index (χ3v) is 2.82. The molecule has 0 aliphatic rings. The molecule has 1 nitrogen and oxygen atoms in total. The summed E-state index contributed by atoms with van der Waals surface area (Å²) in [6, 6.07) is 4.91. The van der Waals surface area contributed by atoms with Crippen molar-refractivity contribution in [1.82, 2.24) is 4.57 Å². The van der Waals surface area contributed by atoms with Gasteiger partial charge in [-0.25, -0.2) is 0 Å². The van der Waals surface area contributed by atoms with Crippen molar-refractivity contribution in [3.05, 3.63) is 23.7 Å². The van der Waals surface area contributed by atoms with Crippen molar-refractivity contribution in [2.75, 3.05) is 0 Å². The van der Waals surface area contributed by atoms with Gasteiger partial charge in [0.15, 0.2) is 0 Å². The number of nitrogens with zero attached hydrogens (tertiary/aromatic N) is 1. The lowest BCUT2D eigenvalue weighted by atomic mass is 10.4. The summed E-state index contributed by atoms with van der Waals surface area (Å²) in [6.07, 6.45) is 2.16. The molecule has 0 fully saturated rings. The first-order valence-corrected chi connectivity index (χ1v) is 4.71. The van der Waals surface area contributed by atoms with Crippen molar-refractivity contribution in [3.63, 3.8) is 0 Å². The van der Waals surface area contributed by atoms with Crippen LogP contribution in [-0.2, 0) is 0 Å². The van der Waals surface area contributed by atoms with Gasteiger partial charge in [0.25, 0.3) is 0 Å². The van der Waals surface area contributed by atoms with Crippen LogP contribution in [0.15, 0.2) is 23.7 Å². The molecule has 0 amide bonds. The number of hydrogen-bond acceptors (Lipinski definition) is 1. The smallest absolute Gasteiger partial charge is 0.102 e. The molecule has 0 aliphatic heterocycles. The Morgan fingerprint density at radius 3 is 2.91 bits per heavy atom. The number of fused-ring (bicyclic) bond motifs is 1. The van der Waals surface area contributed by atoms with Crippen LogP contribution in [0.2, 0.25) is 0 Å². The van der Waals surface area contributed by atoms with Crippen LogP contribution in [0.5, 0.6) is 0 Å². The summed E-state index contributed by atoms with van der Waals surface area (Å²) < 4.78 is 2.31. The zero-order valence-corrected chi connectivity index (χ0v) is 7.56. The topological polar surface area (TPSA) is 4.93 Å². The van der Waals surface area contributed by atoms with Crippen LogP contribution >= 0.6 is 11.3 Å². The highest BCUT2D eigenvalue weighted by atomic mass is 32.1. The minimum absolute atomic E-state index is 0.575. The molecule has 2 aromatic heterocycles. The largest absolute Gasteiger partial charge is 0.337 e. The molecule has 0 saturated carbocycles. The summed E-state index contributed by atoms with van der Waals surface area (Å²) in [6.45, 7) is 4.42. The summed E-state index contributed by atoms with van der Waals surface area (Å²) in [5.41, 5.74) is 0. The van der Waals surface area contributed by atoms with E-state index in [4.69, 9.17) is 0 Å². The van der Waals surface area contributed by atoms with E-state index in [1.165, 1.54) is 10.2 Å². The molecule has 0 saturated heterocycles. The minimum atomic E-state index is 0.575. The van der Waals surface area contributed by atoms with Crippen molar-refractivity contribution in [3.8, 4) is 0 Å². The summed E-state index contributed by atoms with van der Waals surface area (Å²) in [7, 11) is 0. The van der Waals surface area contributed by atoms with E-state index in [9.17, 15) is 0 Å². The average Bonchev–Trinajstić information content (AvgIpc) is 2.41. The SMILES string of the molecule is CC(C)n1ccc2ccsc21. The van der Waals surface area contributed by atoms with Gasteiger partial charge in [-0.05, 0) is 31.4 Å². The van der Waals surface area contributed by atoms with Crippen LogP contribution in [0.4, 0.5) is 0 Å². The van der Waals surface area contributed by atoms with Gasteiger partial charge in [-0.1, -0.05) is 0 Å². The molecule has 2 heteroatoms. The van der Waals surface area contributed by atoms with Crippen molar-refractivity contribution in [1.29, 1.82) is 0 Å². The Hall–Kier alpha value is -0.760. The molecule has 2 heterocycles. The van der Waals surface area contributed by atoms with Gasteiger partial charge < -0.3 is 4.57 Å². The average molecular weight is 165 g/mol. The summed E-state index contributed by atoms with van der Waals surface area (Å²) >= 11 is 1.81. The second kappa shape index (κ2) is 2.38. The van der Waals surface area contributed by atoms with Gasteiger partial charge in [0, 0.05) is 17.6 Å². The molecule has 0 aromatic carbocycles. The fraction of sp³-hybridized carbons (Fsp3) is 0.333. The Kier molecular flexibility index (Phi) is 1.50. The van der Waals surface area contributed by atoms with E-state index in [2.05, 4.69) is 42.1 Å². The molecule has 0 unspecified atom stereocenters. The molecule has 11 heavy (non-hydrogen) atoms. The van der Waals surface area contributed by atoms with Crippen LogP contribution < -0.4 is 0 Å². The molecular weight excluding hydrogens is 154 g/mol. The highest BCUT2D eigenvalue weighted by molar-refractivity contribution is 7.16. The van der Waals surface area contributed by atoms with Crippen molar-refractivity contribution >= 4 is 21.6 Å². The van der Waals surface area contributed by atoms with Crippen LogP contribution in [0.3, 0.4) is 0 Å². The Morgan fingerprint density at radius 2 is 2.18 bits per heavy atom. The van der Waals surface area contributed by atoms with Gasteiger partial charge in [0.2, 0.25) is 0 Å². The number of aromatic nitrogens is 1. The van der Waals surface area contributed by atoms with Gasteiger partial charge >= 0.3 is 0 Å². The third-order valence-electron chi connectivity index (χ3n) is 1.88. The minimum Gasteiger partial charge on any atom is -0.337 e. The standard InChI is InChI=1S/C9H11NS/c1-7(2)10-5-3-8-4-6-11-9(8)10/h3-7H,1-2H3. The van der Waals surface area contributed by atoms with E-state index < -0.39 is 0 Å². The fourth-order valence-electron chi connectivity index (χ4n) is 1.28. The zero-order valence-electron chi connectivity index (χ0n) is 6.74. The molecule has 0 spiro atoms. The molecule has 0 atom stereocenters. The maximum atomic E-state index is 2.31. The second-order valence-corrected chi connectivity index (χ2v) is 3.89. The van der Waals surface area contributed by atoms with Crippen molar-refractivity contribution in [2.24, 2.45) is 0 Å². The highest BCUT2D eigenvalue weighted by Crippen LogP contribution is 2.24. The van der Waals surface area contributed by atoms with E-state index in [-0.39, 0.29) is 0 Å². The van der Waals surface area contributed by atoms with Gasteiger partial charge in [0.05, 0.1) is 0 Å². The molecule has 0 N–H and O–H groups in total. The van der Waals surface area contributed by atoms with Crippen LogP contribution in [-0.4, -0.2) is 4.57 Å². The lowest BCUT2D eigenvalue weighted by Gasteiger charge is -2.06. The van der Waals surface area contributed by atoms with E-state index >= 15 is 0 Å². The van der Waals surface area contributed by atoms with E-state index in [1.807, 2.05) is 11.3 Å². The van der Waals surface area contributed by atoms with E-state index in [0.717, 1.165) is 0 Å². The van der Waals surface area contributed by atoms with Gasteiger partial charge in [-0.3, -0.25) is 0 Å².